The summed E-state index contributed by atoms with van der Waals surface area (Å²) in [6, 6.07) is 1.71. The van der Waals surface area contributed by atoms with Crippen molar-refractivity contribution in [1.29, 1.82) is 0 Å². The van der Waals surface area contributed by atoms with E-state index in [0.29, 0.717) is 30.4 Å². The van der Waals surface area contributed by atoms with Gasteiger partial charge in [-0.15, -0.1) is 0 Å². The van der Waals surface area contributed by atoms with Crippen LogP contribution in [0, 0.1) is 0 Å². The third-order valence-electron chi connectivity index (χ3n) is 2.28. The number of rotatable bonds is 5. The first-order chi connectivity index (χ1) is 8.33. The van der Waals surface area contributed by atoms with Gasteiger partial charge < -0.3 is 15.0 Å². The van der Waals surface area contributed by atoms with Crippen molar-refractivity contribution < 1.29 is 9.26 Å². The van der Waals surface area contributed by atoms with Crippen molar-refractivity contribution in [3.8, 4) is 11.5 Å². The molecular weight excluding hydrogens is 222 g/mol. The summed E-state index contributed by atoms with van der Waals surface area (Å²) in [5.41, 5.74) is 6.14. The van der Waals surface area contributed by atoms with E-state index in [1.165, 1.54) is 6.33 Å². The summed E-state index contributed by atoms with van der Waals surface area (Å²) < 4.78 is 10.2. The van der Waals surface area contributed by atoms with Crippen LogP contribution in [-0.4, -0.2) is 39.9 Å². The minimum absolute atomic E-state index is 0.117. The number of methoxy groups -OCH3 is 1. The number of nitrogens with zero attached hydrogens (tertiary/aromatic N) is 4. The monoisotopic (exact) mass is 235 g/mol. The molecule has 90 valence electrons. The minimum Gasteiger partial charge on any atom is -0.380 e. The fourth-order valence-corrected chi connectivity index (χ4v) is 1.32. The van der Waals surface area contributed by atoms with Crippen LogP contribution >= 0.6 is 0 Å². The number of hydrogen-bond acceptors (Lipinski definition) is 7. The molecule has 0 aromatic carbocycles. The summed E-state index contributed by atoms with van der Waals surface area (Å²) in [6.45, 7) is 0.404. The molecule has 0 amide bonds. The zero-order valence-electron chi connectivity index (χ0n) is 9.41. The molecule has 7 heteroatoms. The highest BCUT2D eigenvalue weighted by Gasteiger charge is 2.14. The smallest absolute Gasteiger partial charge is 0.229 e. The van der Waals surface area contributed by atoms with E-state index in [9.17, 15) is 0 Å². The molecule has 1 atom stereocenters. The van der Waals surface area contributed by atoms with Crippen LogP contribution in [0.5, 0.6) is 0 Å². The predicted molar refractivity (Wildman–Crippen MR) is 58.9 cm³/mol. The Bertz CT molecular complexity index is 455. The molecule has 7 nitrogen and oxygen atoms in total. The van der Waals surface area contributed by atoms with Gasteiger partial charge in [0, 0.05) is 19.9 Å². The van der Waals surface area contributed by atoms with Crippen molar-refractivity contribution in [2.45, 2.75) is 12.5 Å². The van der Waals surface area contributed by atoms with Crippen molar-refractivity contribution in [2.75, 3.05) is 13.7 Å². The quantitative estimate of drug-likeness (QED) is 0.781. The lowest BCUT2D eigenvalue weighted by molar-refractivity contribution is 0.102. The number of ether oxygens (including phenoxy) is 1. The summed E-state index contributed by atoms with van der Waals surface area (Å²) >= 11 is 0. The van der Waals surface area contributed by atoms with Crippen LogP contribution in [0.4, 0.5) is 0 Å². The van der Waals surface area contributed by atoms with Crippen LogP contribution < -0.4 is 5.73 Å². The first-order valence-electron chi connectivity index (χ1n) is 5.15. The summed E-state index contributed by atoms with van der Waals surface area (Å²) in [6.07, 6.45) is 3.43. The molecule has 2 heterocycles. The molecule has 0 aliphatic heterocycles. The Labute approximate surface area is 98.0 Å². The zero-order valence-corrected chi connectivity index (χ0v) is 9.41. The van der Waals surface area contributed by atoms with Crippen LogP contribution in [0.15, 0.2) is 23.1 Å². The minimum atomic E-state index is -0.117. The third-order valence-corrected chi connectivity index (χ3v) is 2.28. The van der Waals surface area contributed by atoms with Crippen LogP contribution in [-0.2, 0) is 11.2 Å². The van der Waals surface area contributed by atoms with Crippen LogP contribution in [0.25, 0.3) is 11.5 Å². The molecule has 0 bridgehead atoms. The van der Waals surface area contributed by atoms with Crippen LogP contribution in [0.2, 0.25) is 0 Å². The average molecular weight is 235 g/mol. The highest BCUT2D eigenvalue weighted by atomic mass is 16.5. The molecule has 1 unspecified atom stereocenters. The molecular formula is C10H13N5O2. The lowest BCUT2D eigenvalue weighted by atomic mass is 10.2. The van der Waals surface area contributed by atoms with Gasteiger partial charge in [0.15, 0.2) is 0 Å². The molecule has 0 saturated carbocycles. The van der Waals surface area contributed by atoms with E-state index in [1.807, 2.05) is 0 Å². The van der Waals surface area contributed by atoms with Gasteiger partial charge >= 0.3 is 0 Å². The summed E-state index contributed by atoms with van der Waals surface area (Å²) in [4.78, 5) is 12.1. The standard InChI is InChI=1S/C10H13N5O2/c1-16-7(5-11)4-9-14-10(15-17-9)8-2-3-12-6-13-8/h2-3,6-7H,4-5,11H2,1H3. The van der Waals surface area contributed by atoms with Crippen molar-refractivity contribution in [2.24, 2.45) is 5.73 Å². The van der Waals surface area contributed by atoms with Crippen LogP contribution in [0.1, 0.15) is 5.89 Å². The molecule has 2 N–H and O–H groups in total. The van der Waals surface area contributed by atoms with Gasteiger partial charge in [-0.25, -0.2) is 9.97 Å². The van der Waals surface area contributed by atoms with Gasteiger partial charge in [0.05, 0.1) is 12.5 Å². The predicted octanol–water partition coefficient (Wildman–Crippen LogP) is 0.0428. The number of hydrogen-bond donors (Lipinski definition) is 1. The fraction of sp³-hybridized carbons (Fsp3) is 0.400. The topological polar surface area (TPSA) is 100.0 Å². The molecule has 17 heavy (non-hydrogen) atoms. The summed E-state index contributed by atoms with van der Waals surface area (Å²) in [5, 5.41) is 3.84. The Morgan fingerprint density at radius 3 is 3.06 bits per heavy atom. The third kappa shape index (κ3) is 2.83. The summed E-state index contributed by atoms with van der Waals surface area (Å²) in [5.74, 6) is 0.921. The van der Waals surface area contributed by atoms with Gasteiger partial charge in [-0.1, -0.05) is 5.16 Å². The molecule has 2 rings (SSSR count). The largest absolute Gasteiger partial charge is 0.380 e. The fourth-order valence-electron chi connectivity index (χ4n) is 1.32. The Morgan fingerprint density at radius 1 is 1.53 bits per heavy atom. The second-order valence-electron chi connectivity index (χ2n) is 3.40. The van der Waals surface area contributed by atoms with E-state index in [-0.39, 0.29) is 6.10 Å². The number of aromatic nitrogens is 4. The zero-order chi connectivity index (χ0) is 12.1. The Morgan fingerprint density at radius 2 is 2.41 bits per heavy atom. The molecule has 0 aliphatic carbocycles. The van der Waals surface area contributed by atoms with Crippen molar-refractivity contribution in [1.82, 2.24) is 20.1 Å². The highest BCUT2D eigenvalue weighted by molar-refractivity contribution is 5.46. The molecule has 0 aliphatic rings. The van der Waals surface area contributed by atoms with Gasteiger partial charge in [0.2, 0.25) is 11.7 Å². The van der Waals surface area contributed by atoms with E-state index in [1.54, 1.807) is 19.4 Å². The Hall–Kier alpha value is -1.86. The molecule has 2 aromatic heterocycles. The van der Waals surface area contributed by atoms with Crippen molar-refractivity contribution in [3.05, 3.63) is 24.5 Å². The SMILES string of the molecule is COC(CN)Cc1nc(-c2ccncn2)no1. The Balaban J connectivity index is 2.11. The van der Waals surface area contributed by atoms with E-state index < -0.39 is 0 Å². The maximum Gasteiger partial charge on any atom is 0.229 e. The van der Waals surface area contributed by atoms with E-state index in [2.05, 4.69) is 20.1 Å². The lowest BCUT2D eigenvalue weighted by Crippen LogP contribution is -2.24. The normalized spacial score (nSPS) is 12.6. The Kier molecular flexibility index (Phi) is 3.73. The second-order valence-corrected chi connectivity index (χ2v) is 3.40. The van der Waals surface area contributed by atoms with E-state index in [0.717, 1.165) is 0 Å². The van der Waals surface area contributed by atoms with Crippen molar-refractivity contribution >= 4 is 0 Å². The average Bonchev–Trinajstić information content (AvgIpc) is 2.85. The summed E-state index contributed by atoms with van der Waals surface area (Å²) in [7, 11) is 1.60. The first-order valence-corrected chi connectivity index (χ1v) is 5.15. The molecule has 2 aromatic rings. The maximum atomic E-state index is 5.51. The van der Waals surface area contributed by atoms with E-state index >= 15 is 0 Å². The number of nitrogens with two attached hydrogens (primary N) is 1. The molecule has 0 radical (unpaired) electrons. The first kappa shape index (κ1) is 11.6. The highest BCUT2D eigenvalue weighted by Crippen LogP contribution is 2.12. The molecule has 0 spiro atoms. The van der Waals surface area contributed by atoms with E-state index in [4.69, 9.17) is 15.0 Å². The van der Waals surface area contributed by atoms with Gasteiger partial charge in [-0.2, -0.15) is 4.98 Å². The maximum absolute atomic E-state index is 5.51. The lowest BCUT2D eigenvalue weighted by Gasteiger charge is -2.08. The van der Waals surface area contributed by atoms with Gasteiger partial charge in [0.1, 0.15) is 12.0 Å². The second kappa shape index (κ2) is 5.46. The molecule has 0 fully saturated rings. The van der Waals surface area contributed by atoms with Crippen LogP contribution in [0.3, 0.4) is 0 Å². The van der Waals surface area contributed by atoms with Crippen molar-refractivity contribution in [3.63, 3.8) is 0 Å². The molecule has 0 saturated heterocycles. The van der Waals surface area contributed by atoms with Gasteiger partial charge in [0.25, 0.3) is 0 Å². The van der Waals surface area contributed by atoms with Gasteiger partial charge in [-0.05, 0) is 6.07 Å². The van der Waals surface area contributed by atoms with Gasteiger partial charge in [-0.3, -0.25) is 0 Å².